The molecule has 1 rings (SSSR count). The summed E-state index contributed by atoms with van der Waals surface area (Å²) in [4.78, 5) is 4.30. The van der Waals surface area contributed by atoms with Gasteiger partial charge in [0, 0.05) is 25.1 Å². The number of hydrogen-bond acceptors (Lipinski definition) is 3. The van der Waals surface area contributed by atoms with Gasteiger partial charge in [0.25, 0.3) is 0 Å². The lowest BCUT2D eigenvalue weighted by atomic mass is 9.56. The number of aliphatic hydroxyl groups is 1. The Hall–Kier alpha value is -0.810. The highest BCUT2D eigenvalue weighted by molar-refractivity contribution is 5.80. The largest absolute Gasteiger partial charge is 0.394 e. The number of guanidine groups is 1. The maximum absolute atomic E-state index is 8.83. The topological polar surface area (TPSA) is 65.9 Å². The van der Waals surface area contributed by atoms with E-state index in [0.717, 1.165) is 18.9 Å². The molecule has 0 radical (unpaired) electrons. The van der Waals surface area contributed by atoms with Crippen LogP contribution in [0.1, 0.15) is 34.1 Å². The van der Waals surface area contributed by atoms with Crippen molar-refractivity contribution in [3.8, 4) is 0 Å². The first-order chi connectivity index (χ1) is 8.41. The molecule has 5 nitrogen and oxygen atoms in total. The van der Waals surface area contributed by atoms with Crippen molar-refractivity contribution in [1.82, 2.24) is 10.6 Å². The van der Waals surface area contributed by atoms with E-state index in [9.17, 15) is 0 Å². The minimum absolute atomic E-state index is 0.0527. The molecule has 0 aromatic carbocycles. The number of nitrogens with one attached hydrogen (secondary N) is 2. The van der Waals surface area contributed by atoms with Gasteiger partial charge >= 0.3 is 0 Å². The second kappa shape index (κ2) is 5.89. The van der Waals surface area contributed by atoms with Gasteiger partial charge in [0.05, 0.1) is 18.8 Å². The van der Waals surface area contributed by atoms with E-state index in [1.54, 1.807) is 7.11 Å². The molecule has 1 saturated carbocycles. The average Bonchev–Trinajstić information content (AvgIpc) is 2.35. The van der Waals surface area contributed by atoms with Crippen LogP contribution in [-0.4, -0.2) is 49.5 Å². The van der Waals surface area contributed by atoms with Crippen LogP contribution in [0, 0.1) is 5.41 Å². The van der Waals surface area contributed by atoms with Crippen molar-refractivity contribution >= 4 is 5.96 Å². The quantitative estimate of drug-likeness (QED) is 0.502. The van der Waals surface area contributed by atoms with Crippen LogP contribution in [0.25, 0.3) is 0 Å². The molecule has 106 valence electrons. The number of aliphatic hydroxyl groups excluding tert-OH is 1. The van der Waals surface area contributed by atoms with Gasteiger partial charge in [0.15, 0.2) is 5.96 Å². The monoisotopic (exact) mass is 257 g/mol. The van der Waals surface area contributed by atoms with Crippen molar-refractivity contribution < 1.29 is 9.84 Å². The molecule has 0 aliphatic heterocycles. The minimum Gasteiger partial charge on any atom is -0.394 e. The zero-order chi connectivity index (χ0) is 13.8. The molecule has 0 heterocycles. The Balaban J connectivity index is 2.62. The van der Waals surface area contributed by atoms with Crippen LogP contribution in [0.15, 0.2) is 4.99 Å². The predicted molar refractivity (Wildman–Crippen MR) is 73.8 cm³/mol. The molecule has 0 bridgehead atoms. The number of rotatable bonds is 5. The first kappa shape index (κ1) is 15.2. The Morgan fingerprint density at radius 3 is 2.56 bits per heavy atom. The molecule has 0 saturated heterocycles. The standard InChI is InChI=1S/C13H27N3O2/c1-6-14-11(15-7-8-17)16-10-9-13(4,18-5)12(10,2)3/h10,17H,6-9H2,1-5H3,(H2,14,15,16). The molecule has 18 heavy (non-hydrogen) atoms. The molecular weight excluding hydrogens is 230 g/mol. The zero-order valence-electron chi connectivity index (χ0n) is 12.2. The van der Waals surface area contributed by atoms with E-state index in [-0.39, 0.29) is 17.6 Å². The molecular formula is C13H27N3O2. The Kier molecular flexibility index (Phi) is 4.99. The van der Waals surface area contributed by atoms with Crippen LogP contribution in [0.5, 0.6) is 0 Å². The summed E-state index contributed by atoms with van der Waals surface area (Å²) in [6, 6.07) is 0.332. The fraction of sp³-hybridized carbons (Fsp3) is 0.923. The van der Waals surface area contributed by atoms with Crippen LogP contribution in [-0.2, 0) is 4.74 Å². The van der Waals surface area contributed by atoms with Crippen LogP contribution in [0.2, 0.25) is 0 Å². The summed E-state index contributed by atoms with van der Waals surface area (Å²) in [6.45, 7) is 9.88. The number of methoxy groups -OCH3 is 1. The predicted octanol–water partition coefficient (Wildman–Crippen LogP) is 0.737. The molecule has 3 N–H and O–H groups in total. The van der Waals surface area contributed by atoms with Gasteiger partial charge in [0.1, 0.15) is 0 Å². The van der Waals surface area contributed by atoms with Gasteiger partial charge in [-0.25, -0.2) is 0 Å². The molecule has 1 fully saturated rings. The maximum atomic E-state index is 8.83. The maximum Gasteiger partial charge on any atom is 0.191 e. The molecule has 0 aromatic heterocycles. The van der Waals surface area contributed by atoms with Crippen LogP contribution < -0.4 is 10.6 Å². The number of nitrogens with zero attached hydrogens (tertiary/aromatic N) is 1. The number of aliphatic imine (C=N–C) groups is 1. The second-order valence-electron chi connectivity index (χ2n) is 5.54. The SMILES string of the molecule is CCNC(=NCCO)NC1CC(C)(OC)C1(C)C. The van der Waals surface area contributed by atoms with Crippen LogP contribution >= 0.6 is 0 Å². The third-order valence-electron chi connectivity index (χ3n) is 4.30. The van der Waals surface area contributed by atoms with Gasteiger partial charge in [-0.2, -0.15) is 0 Å². The Bertz CT molecular complexity index is 305. The Labute approximate surface area is 110 Å². The van der Waals surface area contributed by atoms with Crippen LogP contribution in [0.3, 0.4) is 0 Å². The first-order valence-electron chi connectivity index (χ1n) is 6.62. The normalized spacial score (nSPS) is 30.8. The summed E-state index contributed by atoms with van der Waals surface area (Å²) in [6.07, 6.45) is 0.958. The smallest absolute Gasteiger partial charge is 0.191 e. The molecule has 0 spiro atoms. The van der Waals surface area contributed by atoms with Gasteiger partial charge in [-0.3, -0.25) is 4.99 Å². The zero-order valence-corrected chi connectivity index (χ0v) is 12.2. The summed E-state index contributed by atoms with van der Waals surface area (Å²) < 4.78 is 5.60. The average molecular weight is 257 g/mol. The molecule has 5 heteroatoms. The van der Waals surface area contributed by atoms with Gasteiger partial charge in [-0.15, -0.1) is 0 Å². The lowest BCUT2D eigenvalue weighted by molar-refractivity contribution is -0.176. The van der Waals surface area contributed by atoms with Crippen LogP contribution in [0.4, 0.5) is 0 Å². The molecule has 1 aliphatic rings. The minimum atomic E-state index is -0.0844. The Morgan fingerprint density at radius 2 is 2.11 bits per heavy atom. The molecule has 0 aromatic rings. The lowest BCUT2D eigenvalue weighted by Crippen LogP contribution is -2.69. The third kappa shape index (κ3) is 2.78. The summed E-state index contributed by atoms with van der Waals surface area (Å²) in [5, 5.41) is 15.4. The van der Waals surface area contributed by atoms with Crippen molar-refractivity contribution in [2.75, 3.05) is 26.8 Å². The summed E-state index contributed by atoms with van der Waals surface area (Å²) in [5.74, 6) is 0.766. The fourth-order valence-corrected chi connectivity index (χ4v) is 2.37. The lowest BCUT2D eigenvalue weighted by Gasteiger charge is -2.59. The van der Waals surface area contributed by atoms with E-state index in [1.165, 1.54) is 0 Å². The van der Waals surface area contributed by atoms with Gasteiger partial charge < -0.3 is 20.5 Å². The van der Waals surface area contributed by atoms with E-state index in [1.807, 2.05) is 6.92 Å². The van der Waals surface area contributed by atoms with E-state index in [2.05, 4.69) is 36.4 Å². The van der Waals surface area contributed by atoms with Crippen molar-refractivity contribution in [3.05, 3.63) is 0 Å². The van der Waals surface area contributed by atoms with E-state index >= 15 is 0 Å². The third-order valence-corrected chi connectivity index (χ3v) is 4.30. The molecule has 1 aliphatic carbocycles. The van der Waals surface area contributed by atoms with E-state index in [0.29, 0.717) is 12.6 Å². The van der Waals surface area contributed by atoms with Crippen molar-refractivity contribution in [2.24, 2.45) is 10.4 Å². The van der Waals surface area contributed by atoms with E-state index < -0.39 is 0 Å². The van der Waals surface area contributed by atoms with Crippen molar-refractivity contribution in [1.29, 1.82) is 0 Å². The fourth-order valence-electron chi connectivity index (χ4n) is 2.37. The highest BCUT2D eigenvalue weighted by atomic mass is 16.5. The van der Waals surface area contributed by atoms with Gasteiger partial charge in [0.2, 0.25) is 0 Å². The van der Waals surface area contributed by atoms with Gasteiger partial charge in [-0.1, -0.05) is 13.8 Å². The molecule has 2 atom stereocenters. The second-order valence-corrected chi connectivity index (χ2v) is 5.54. The van der Waals surface area contributed by atoms with Crippen molar-refractivity contribution in [2.45, 2.75) is 45.8 Å². The first-order valence-corrected chi connectivity index (χ1v) is 6.62. The molecule has 2 unspecified atom stereocenters. The van der Waals surface area contributed by atoms with Gasteiger partial charge in [-0.05, 0) is 20.3 Å². The van der Waals surface area contributed by atoms with Crippen molar-refractivity contribution in [3.63, 3.8) is 0 Å². The highest BCUT2D eigenvalue weighted by Crippen LogP contribution is 2.51. The summed E-state index contributed by atoms with van der Waals surface area (Å²) in [7, 11) is 1.77. The van der Waals surface area contributed by atoms with E-state index in [4.69, 9.17) is 9.84 Å². The number of ether oxygens (including phenoxy) is 1. The summed E-state index contributed by atoms with van der Waals surface area (Å²) in [5.41, 5.74) is -0.0316. The highest BCUT2D eigenvalue weighted by Gasteiger charge is 2.57. The summed E-state index contributed by atoms with van der Waals surface area (Å²) >= 11 is 0. The number of hydrogen-bond donors (Lipinski definition) is 3. The Morgan fingerprint density at radius 1 is 1.44 bits per heavy atom. The molecule has 0 amide bonds.